The summed E-state index contributed by atoms with van der Waals surface area (Å²) in [7, 11) is 0. The molecule has 0 spiro atoms. The number of anilines is 1. The predicted molar refractivity (Wildman–Crippen MR) is 123 cm³/mol. The highest BCUT2D eigenvalue weighted by Crippen LogP contribution is 2.24. The minimum atomic E-state index is -0.0948. The number of aromatic nitrogens is 1. The van der Waals surface area contributed by atoms with Crippen molar-refractivity contribution in [3.63, 3.8) is 0 Å². The zero-order chi connectivity index (χ0) is 20.8. The monoisotopic (exact) mass is 439 g/mol. The van der Waals surface area contributed by atoms with Crippen LogP contribution in [0, 0.1) is 6.92 Å². The zero-order valence-corrected chi connectivity index (χ0v) is 18.6. The summed E-state index contributed by atoms with van der Waals surface area (Å²) in [6.07, 6.45) is 0. The third-order valence-electron chi connectivity index (χ3n) is 4.89. The maximum atomic E-state index is 12.6. The normalized spacial score (nSPS) is 14.6. The van der Waals surface area contributed by atoms with Gasteiger partial charge in [-0.3, -0.25) is 9.69 Å². The standard InChI is InChI=1S/C23H25N3O2S2/c1-17-24-21(15-29-17)16-30-22-8-4-19(5-9-22)23(27)25-20-6-2-18(3-7-20)14-26-10-12-28-13-11-26/h2-9,15H,10-14,16H2,1H3,(H,25,27). The van der Waals surface area contributed by atoms with Gasteiger partial charge in [-0.15, -0.1) is 23.1 Å². The van der Waals surface area contributed by atoms with Gasteiger partial charge in [0.1, 0.15) is 0 Å². The highest BCUT2D eigenvalue weighted by molar-refractivity contribution is 7.98. The SMILES string of the molecule is Cc1nc(CSc2ccc(C(=O)Nc3ccc(CN4CCOCC4)cc3)cc2)cs1. The maximum Gasteiger partial charge on any atom is 0.255 e. The van der Waals surface area contributed by atoms with Crippen molar-refractivity contribution < 1.29 is 9.53 Å². The average molecular weight is 440 g/mol. The Balaban J connectivity index is 1.28. The fraction of sp³-hybridized carbons (Fsp3) is 0.304. The Morgan fingerprint density at radius 1 is 1.13 bits per heavy atom. The van der Waals surface area contributed by atoms with Gasteiger partial charge in [-0.25, -0.2) is 4.98 Å². The number of rotatable bonds is 7. The number of hydrogen-bond acceptors (Lipinski definition) is 6. The second kappa shape index (κ2) is 10.2. The Bertz CT molecular complexity index is 965. The number of nitrogens with zero attached hydrogens (tertiary/aromatic N) is 2. The fourth-order valence-corrected chi connectivity index (χ4v) is 4.76. The lowest BCUT2D eigenvalue weighted by atomic mass is 10.1. The number of carbonyl (C=O) groups is 1. The minimum Gasteiger partial charge on any atom is -0.379 e. The van der Waals surface area contributed by atoms with Gasteiger partial charge in [0, 0.05) is 46.9 Å². The van der Waals surface area contributed by atoms with Gasteiger partial charge in [-0.05, 0) is 48.9 Å². The van der Waals surface area contributed by atoms with Crippen molar-refractivity contribution in [2.75, 3.05) is 31.6 Å². The molecule has 0 unspecified atom stereocenters. The summed E-state index contributed by atoms with van der Waals surface area (Å²) < 4.78 is 5.39. The van der Waals surface area contributed by atoms with Crippen LogP contribution in [0.5, 0.6) is 0 Å². The molecule has 1 fully saturated rings. The van der Waals surface area contributed by atoms with Crippen molar-refractivity contribution in [1.82, 2.24) is 9.88 Å². The number of nitrogens with one attached hydrogen (secondary N) is 1. The van der Waals surface area contributed by atoms with E-state index in [1.807, 2.05) is 43.3 Å². The third-order valence-corrected chi connectivity index (χ3v) is 6.76. The van der Waals surface area contributed by atoms with E-state index >= 15 is 0 Å². The van der Waals surface area contributed by atoms with Crippen molar-refractivity contribution >= 4 is 34.7 Å². The van der Waals surface area contributed by atoms with Crippen LogP contribution >= 0.6 is 23.1 Å². The highest BCUT2D eigenvalue weighted by Gasteiger charge is 2.11. The molecule has 0 bridgehead atoms. The van der Waals surface area contributed by atoms with Crippen LogP contribution in [0.3, 0.4) is 0 Å². The third kappa shape index (κ3) is 5.92. The molecule has 0 saturated carbocycles. The Labute approximate surface area is 185 Å². The molecule has 30 heavy (non-hydrogen) atoms. The zero-order valence-electron chi connectivity index (χ0n) is 17.0. The molecular weight excluding hydrogens is 414 g/mol. The number of hydrogen-bond donors (Lipinski definition) is 1. The molecule has 5 nitrogen and oxygen atoms in total. The molecule has 1 aliphatic rings. The van der Waals surface area contributed by atoms with Crippen molar-refractivity contribution in [1.29, 1.82) is 0 Å². The van der Waals surface area contributed by atoms with Crippen LogP contribution in [-0.2, 0) is 17.0 Å². The second-order valence-electron chi connectivity index (χ2n) is 7.21. The largest absolute Gasteiger partial charge is 0.379 e. The summed E-state index contributed by atoms with van der Waals surface area (Å²) in [4.78, 5) is 20.6. The van der Waals surface area contributed by atoms with Crippen LogP contribution in [0.25, 0.3) is 0 Å². The summed E-state index contributed by atoms with van der Waals surface area (Å²) in [5, 5.41) is 6.16. The van der Waals surface area contributed by atoms with Gasteiger partial charge in [-0.1, -0.05) is 12.1 Å². The molecular formula is C23H25N3O2S2. The van der Waals surface area contributed by atoms with Crippen LogP contribution in [0.1, 0.15) is 26.6 Å². The smallest absolute Gasteiger partial charge is 0.255 e. The van der Waals surface area contributed by atoms with E-state index in [9.17, 15) is 4.79 Å². The number of ether oxygens (including phenoxy) is 1. The molecule has 156 valence electrons. The van der Waals surface area contributed by atoms with Gasteiger partial charge in [0.2, 0.25) is 0 Å². The lowest BCUT2D eigenvalue weighted by molar-refractivity contribution is 0.0342. The van der Waals surface area contributed by atoms with Gasteiger partial charge in [-0.2, -0.15) is 0 Å². The van der Waals surface area contributed by atoms with Crippen LogP contribution in [0.15, 0.2) is 58.8 Å². The number of thioether (sulfide) groups is 1. The Hall–Kier alpha value is -2.19. The minimum absolute atomic E-state index is 0.0948. The molecule has 1 aliphatic heterocycles. The number of carbonyl (C=O) groups excluding carboxylic acids is 1. The number of amides is 1. The molecule has 0 aliphatic carbocycles. The molecule has 1 amide bonds. The van der Waals surface area contributed by atoms with E-state index in [2.05, 4.69) is 32.7 Å². The first-order chi connectivity index (χ1) is 14.7. The number of aryl methyl sites for hydroxylation is 1. The maximum absolute atomic E-state index is 12.6. The van der Waals surface area contributed by atoms with E-state index in [1.54, 1.807) is 23.1 Å². The Morgan fingerprint density at radius 2 is 1.87 bits per heavy atom. The molecule has 1 aromatic heterocycles. The van der Waals surface area contributed by atoms with Crippen molar-refractivity contribution in [2.24, 2.45) is 0 Å². The molecule has 7 heteroatoms. The fourth-order valence-electron chi connectivity index (χ4n) is 3.25. The first kappa shape index (κ1) is 21.1. The van der Waals surface area contributed by atoms with E-state index < -0.39 is 0 Å². The Morgan fingerprint density at radius 3 is 2.53 bits per heavy atom. The van der Waals surface area contributed by atoms with E-state index in [-0.39, 0.29) is 5.91 Å². The van der Waals surface area contributed by atoms with Gasteiger partial charge in [0.25, 0.3) is 5.91 Å². The van der Waals surface area contributed by atoms with Crippen LogP contribution in [0.2, 0.25) is 0 Å². The van der Waals surface area contributed by atoms with Gasteiger partial charge in [0.05, 0.1) is 23.9 Å². The van der Waals surface area contributed by atoms with E-state index in [1.165, 1.54) is 5.56 Å². The topological polar surface area (TPSA) is 54.5 Å². The summed E-state index contributed by atoms with van der Waals surface area (Å²) in [5.74, 6) is 0.745. The van der Waals surface area contributed by atoms with Crippen LogP contribution in [0.4, 0.5) is 5.69 Å². The van der Waals surface area contributed by atoms with E-state index in [4.69, 9.17) is 4.74 Å². The summed E-state index contributed by atoms with van der Waals surface area (Å²) in [6.45, 7) is 6.47. The molecule has 0 atom stereocenters. The van der Waals surface area contributed by atoms with Gasteiger partial charge < -0.3 is 10.1 Å². The van der Waals surface area contributed by atoms with E-state index in [0.717, 1.165) is 59.9 Å². The lowest BCUT2D eigenvalue weighted by Gasteiger charge is -2.26. The second-order valence-corrected chi connectivity index (χ2v) is 9.32. The molecule has 3 aromatic rings. The van der Waals surface area contributed by atoms with Crippen molar-refractivity contribution in [2.45, 2.75) is 24.1 Å². The summed E-state index contributed by atoms with van der Waals surface area (Å²) in [6, 6.07) is 15.8. The molecule has 1 saturated heterocycles. The lowest BCUT2D eigenvalue weighted by Crippen LogP contribution is -2.35. The van der Waals surface area contributed by atoms with Gasteiger partial charge in [0.15, 0.2) is 0 Å². The number of thiazole rings is 1. The van der Waals surface area contributed by atoms with Crippen LogP contribution < -0.4 is 5.32 Å². The first-order valence-corrected chi connectivity index (χ1v) is 11.9. The molecule has 4 rings (SSSR count). The Kier molecular flexibility index (Phi) is 7.17. The summed E-state index contributed by atoms with van der Waals surface area (Å²) in [5.41, 5.74) is 3.80. The quantitative estimate of drug-likeness (QED) is 0.535. The number of benzene rings is 2. The summed E-state index contributed by atoms with van der Waals surface area (Å²) >= 11 is 3.40. The predicted octanol–water partition coefficient (Wildman–Crippen LogP) is 4.83. The van der Waals surface area contributed by atoms with Crippen molar-refractivity contribution in [3.05, 3.63) is 75.7 Å². The highest BCUT2D eigenvalue weighted by atomic mass is 32.2. The van der Waals surface area contributed by atoms with Crippen LogP contribution in [-0.4, -0.2) is 42.1 Å². The molecule has 1 N–H and O–H groups in total. The number of morpholine rings is 1. The first-order valence-electron chi connectivity index (χ1n) is 10.00. The molecule has 2 aromatic carbocycles. The van der Waals surface area contributed by atoms with Crippen molar-refractivity contribution in [3.8, 4) is 0 Å². The van der Waals surface area contributed by atoms with Gasteiger partial charge >= 0.3 is 0 Å². The average Bonchev–Trinajstić information content (AvgIpc) is 3.20. The molecule has 2 heterocycles. The molecule has 0 radical (unpaired) electrons. The van der Waals surface area contributed by atoms with E-state index in [0.29, 0.717) is 5.56 Å².